The molecular weight excluding hydrogens is 470 g/mol. The predicted octanol–water partition coefficient (Wildman–Crippen LogP) is 4.56. The molecule has 1 unspecified atom stereocenters. The van der Waals surface area contributed by atoms with E-state index in [-0.39, 0.29) is 21.1 Å². The van der Waals surface area contributed by atoms with Crippen LogP contribution in [0.15, 0.2) is 10.3 Å². The molecule has 1 atom stereocenters. The van der Waals surface area contributed by atoms with E-state index in [9.17, 15) is 9.59 Å². The van der Waals surface area contributed by atoms with E-state index in [1.165, 1.54) is 7.11 Å². The van der Waals surface area contributed by atoms with E-state index in [1.54, 1.807) is 13.8 Å². The molecule has 0 bridgehead atoms. The predicted molar refractivity (Wildman–Crippen MR) is 141 cm³/mol. The first-order valence-electron chi connectivity index (χ1n) is 12.5. The summed E-state index contributed by atoms with van der Waals surface area (Å²) in [6.45, 7) is 16.6. The SMILES string of the molecule is CCOC(=O)CC(NCCC[Si](OC)(O/N=C(\C)CC(C)C)O/N=C(\C)CC(C)C)C(=O)OCC.[HH]. The molecule has 0 amide bonds. The zero-order chi connectivity index (χ0) is 26.9. The van der Waals surface area contributed by atoms with Crippen LogP contribution in [0, 0.1) is 11.8 Å². The molecule has 35 heavy (non-hydrogen) atoms. The van der Waals surface area contributed by atoms with Crippen LogP contribution in [0.5, 0.6) is 0 Å². The first kappa shape index (κ1) is 33.0. The second kappa shape index (κ2) is 18.3. The molecule has 0 aliphatic heterocycles. The van der Waals surface area contributed by atoms with Gasteiger partial charge in [-0.1, -0.05) is 27.7 Å². The van der Waals surface area contributed by atoms with Crippen molar-refractivity contribution in [3.05, 3.63) is 0 Å². The van der Waals surface area contributed by atoms with Crippen LogP contribution in [0.2, 0.25) is 6.04 Å². The molecule has 0 aromatic rings. The number of oxime groups is 2. The summed E-state index contributed by atoms with van der Waals surface area (Å²) in [5.41, 5.74) is 1.69. The van der Waals surface area contributed by atoms with Gasteiger partial charge in [-0.3, -0.25) is 9.59 Å². The fraction of sp³-hybridized carbons (Fsp3) is 0.833. The average Bonchev–Trinajstić information content (AvgIpc) is 2.76. The quantitative estimate of drug-likeness (QED) is 0.0868. The van der Waals surface area contributed by atoms with Gasteiger partial charge in [0, 0.05) is 14.6 Å². The normalized spacial score (nSPS) is 13.7. The first-order valence-corrected chi connectivity index (χ1v) is 14.5. The van der Waals surface area contributed by atoms with Crippen molar-refractivity contribution >= 4 is 32.2 Å². The third-order valence-electron chi connectivity index (χ3n) is 4.70. The summed E-state index contributed by atoms with van der Waals surface area (Å²) in [6.07, 6.45) is 2.02. The fourth-order valence-electron chi connectivity index (χ4n) is 3.29. The van der Waals surface area contributed by atoms with E-state index in [4.69, 9.17) is 23.0 Å². The molecule has 0 spiro atoms. The van der Waals surface area contributed by atoms with E-state index < -0.39 is 26.8 Å². The number of esters is 2. The van der Waals surface area contributed by atoms with E-state index >= 15 is 0 Å². The maximum atomic E-state index is 12.3. The van der Waals surface area contributed by atoms with Gasteiger partial charge in [0.1, 0.15) is 6.04 Å². The molecular formula is C24H49N3O7Si. The number of nitrogens with zero attached hydrogens (tertiary/aromatic N) is 2. The van der Waals surface area contributed by atoms with Crippen molar-refractivity contribution in [2.24, 2.45) is 22.1 Å². The van der Waals surface area contributed by atoms with Crippen LogP contribution < -0.4 is 5.32 Å². The number of hydrogen-bond donors (Lipinski definition) is 1. The highest BCUT2D eigenvalue weighted by atomic mass is 28.4. The lowest BCUT2D eigenvalue weighted by Gasteiger charge is -2.24. The minimum absolute atomic E-state index is 0. The molecule has 0 radical (unpaired) electrons. The summed E-state index contributed by atoms with van der Waals surface area (Å²) in [7, 11) is -1.75. The van der Waals surface area contributed by atoms with Crippen molar-refractivity contribution in [2.75, 3.05) is 26.9 Å². The second-order valence-corrected chi connectivity index (χ2v) is 11.9. The summed E-state index contributed by atoms with van der Waals surface area (Å²) >= 11 is 0. The van der Waals surface area contributed by atoms with Crippen molar-refractivity contribution in [3.8, 4) is 0 Å². The topological polar surface area (TPSA) is 117 Å². The number of carbonyl (C=O) groups excluding carboxylic acids is 2. The van der Waals surface area contributed by atoms with Crippen molar-refractivity contribution in [1.82, 2.24) is 5.32 Å². The van der Waals surface area contributed by atoms with Crippen molar-refractivity contribution < 1.29 is 34.0 Å². The molecule has 0 rings (SSSR count). The molecule has 0 aromatic heterocycles. The molecule has 0 aliphatic rings. The second-order valence-electron chi connectivity index (χ2n) is 9.29. The molecule has 0 saturated heterocycles. The van der Waals surface area contributed by atoms with Crippen LogP contribution in [-0.4, -0.2) is 65.1 Å². The van der Waals surface area contributed by atoms with E-state index in [1.807, 2.05) is 13.8 Å². The van der Waals surface area contributed by atoms with E-state index in [0.29, 0.717) is 30.8 Å². The number of hydrogen-bond acceptors (Lipinski definition) is 10. The lowest BCUT2D eigenvalue weighted by Crippen LogP contribution is -2.44. The van der Waals surface area contributed by atoms with Gasteiger partial charge in [-0.15, -0.1) is 10.3 Å². The van der Waals surface area contributed by atoms with E-state index in [2.05, 4.69) is 43.3 Å². The van der Waals surface area contributed by atoms with Gasteiger partial charge in [-0.25, -0.2) is 0 Å². The molecule has 0 saturated carbocycles. The van der Waals surface area contributed by atoms with Gasteiger partial charge in [0.05, 0.1) is 31.1 Å². The highest BCUT2D eigenvalue weighted by Crippen LogP contribution is 2.19. The Kier molecular flexibility index (Phi) is 17.3. The largest absolute Gasteiger partial charge is 0.673 e. The van der Waals surface area contributed by atoms with Crippen LogP contribution in [0.1, 0.15) is 82.5 Å². The maximum Gasteiger partial charge on any atom is 0.673 e. The molecule has 0 heterocycles. The number of rotatable bonds is 19. The van der Waals surface area contributed by atoms with Crippen LogP contribution >= 0.6 is 0 Å². The van der Waals surface area contributed by atoms with Gasteiger partial charge < -0.3 is 28.3 Å². The average molecular weight is 520 g/mol. The number of carbonyl (C=O) groups is 2. The lowest BCUT2D eigenvalue weighted by atomic mass is 10.1. The lowest BCUT2D eigenvalue weighted by molar-refractivity contribution is -0.152. The maximum absolute atomic E-state index is 12.3. The Balaban J connectivity index is 0. The third-order valence-corrected chi connectivity index (χ3v) is 7.02. The molecule has 206 valence electrons. The standard InChI is InChI=1S/C24H47N3O7Si.H2/c1-10-31-23(28)17-22(24(29)32-11-2)25-13-12-14-35(30-9,33-26-20(7)15-18(3)4)34-27-21(8)16-19(5)6;/h18-19,22,25H,10-17H2,1-9H3;1H/b26-20+,27-21+;. The van der Waals surface area contributed by atoms with Gasteiger partial charge in [-0.05, 0) is 65.3 Å². The molecule has 0 aliphatic carbocycles. The van der Waals surface area contributed by atoms with Gasteiger partial charge in [0.2, 0.25) is 0 Å². The minimum Gasteiger partial charge on any atom is -0.466 e. The van der Waals surface area contributed by atoms with Crippen LogP contribution in [0.3, 0.4) is 0 Å². The monoisotopic (exact) mass is 519 g/mol. The van der Waals surface area contributed by atoms with Crippen molar-refractivity contribution in [3.63, 3.8) is 0 Å². The summed E-state index contributed by atoms with van der Waals surface area (Å²) in [4.78, 5) is 24.2. The van der Waals surface area contributed by atoms with Gasteiger partial charge in [0.25, 0.3) is 0 Å². The Bertz CT molecular complexity index is 663. The summed E-state index contributed by atoms with van der Waals surface area (Å²) in [6, 6.07) is -0.394. The molecule has 10 nitrogen and oxygen atoms in total. The van der Waals surface area contributed by atoms with Crippen LogP contribution in [0.25, 0.3) is 0 Å². The third kappa shape index (κ3) is 15.6. The minimum atomic E-state index is -3.28. The van der Waals surface area contributed by atoms with Crippen LogP contribution in [-0.2, 0) is 32.5 Å². The Hall–Kier alpha value is -1.98. The van der Waals surface area contributed by atoms with Gasteiger partial charge in [0.15, 0.2) is 0 Å². The Morgan fingerprint density at radius 2 is 1.40 bits per heavy atom. The number of nitrogens with one attached hydrogen (secondary N) is 1. The molecule has 0 aromatic carbocycles. The fourth-order valence-corrected chi connectivity index (χ4v) is 5.05. The van der Waals surface area contributed by atoms with Crippen LogP contribution in [0.4, 0.5) is 0 Å². The highest BCUT2D eigenvalue weighted by molar-refractivity contribution is 6.60. The summed E-state index contributed by atoms with van der Waals surface area (Å²) in [5, 5.41) is 11.6. The summed E-state index contributed by atoms with van der Waals surface area (Å²) in [5.74, 6) is -0.0745. The zero-order valence-corrected chi connectivity index (χ0v) is 24.1. The van der Waals surface area contributed by atoms with Gasteiger partial charge in [-0.2, -0.15) is 0 Å². The highest BCUT2D eigenvalue weighted by Gasteiger charge is 2.46. The summed E-state index contributed by atoms with van der Waals surface area (Å²) < 4.78 is 27.5. The molecule has 0 fully saturated rings. The van der Waals surface area contributed by atoms with Crippen molar-refractivity contribution in [2.45, 2.75) is 93.2 Å². The Labute approximate surface area is 214 Å². The Morgan fingerprint density at radius 3 is 1.83 bits per heavy atom. The molecule has 1 N–H and O–H groups in total. The van der Waals surface area contributed by atoms with Crippen molar-refractivity contribution in [1.29, 1.82) is 0 Å². The smallest absolute Gasteiger partial charge is 0.466 e. The first-order chi connectivity index (χ1) is 16.5. The van der Waals surface area contributed by atoms with Gasteiger partial charge >= 0.3 is 20.7 Å². The zero-order valence-electron chi connectivity index (χ0n) is 23.1. The molecule has 11 heteroatoms. The Morgan fingerprint density at radius 1 is 0.886 bits per heavy atom. The van der Waals surface area contributed by atoms with E-state index in [0.717, 1.165) is 24.3 Å². The number of ether oxygens (including phenoxy) is 2.